The summed E-state index contributed by atoms with van der Waals surface area (Å²) in [6.45, 7) is 10.7. The first kappa shape index (κ1) is 17.0. The van der Waals surface area contributed by atoms with E-state index in [1.807, 2.05) is 12.1 Å². The molecule has 3 nitrogen and oxygen atoms in total. The van der Waals surface area contributed by atoms with Gasteiger partial charge in [0, 0.05) is 0 Å². The molecule has 0 bridgehead atoms. The second-order valence-electron chi connectivity index (χ2n) is 7.54. The highest BCUT2D eigenvalue weighted by Crippen LogP contribution is 2.36. The molecular formula is C19H27O3. The van der Waals surface area contributed by atoms with Crippen LogP contribution in [0.25, 0.3) is 0 Å². The molecule has 0 heterocycles. The van der Waals surface area contributed by atoms with Crippen molar-refractivity contribution < 1.29 is 14.6 Å². The fraction of sp³-hybridized carbons (Fsp3) is 0.579. The molecule has 2 atom stereocenters. The number of carbonyl (C=O) groups is 1. The molecule has 0 aromatic heterocycles. The third-order valence-electron chi connectivity index (χ3n) is 4.40. The Labute approximate surface area is 133 Å². The van der Waals surface area contributed by atoms with Gasteiger partial charge in [-0.15, -0.1) is 0 Å². The minimum Gasteiger partial charge on any atom is -0.292 e. The van der Waals surface area contributed by atoms with Crippen LogP contribution in [0.1, 0.15) is 69.8 Å². The van der Waals surface area contributed by atoms with Gasteiger partial charge in [-0.1, -0.05) is 53.2 Å². The maximum absolute atomic E-state index is 12.1. The van der Waals surface area contributed by atoms with Crippen molar-refractivity contribution in [1.82, 2.24) is 0 Å². The predicted octanol–water partition coefficient (Wildman–Crippen LogP) is 5.06. The summed E-state index contributed by atoms with van der Waals surface area (Å²) in [7, 11) is 0. The van der Waals surface area contributed by atoms with Gasteiger partial charge in [-0.05, 0) is 47.8 Å². The molecule has 121 valence electrons. The summed E-state index contributed by atoms with van der Waals surface area (Å²) in [6, 6.07) is 7.53. The van der Waals surface area contributed by atoms with E-state index >= 15 is 0 Å². The Morgan fingerprint density at radius 1 is 1.09 bits per heavy atom. The first-order chi connectivity index (χ1) is 10.3. The topological polar surface area (TPSA) is 35.5 Å². The van der Waals surface area contributed by atoms with Gasteiger partial charge in [0.2, 0.25) is 0 Å². The molecule has 0 aliphatic heterocycles. The summed E-state index contributed by atoms with van der Waals surface area (Å²) in [5.74, 6) is 0.515. The molecule has 1 saturated carbocycles. The van der Waals surface area contributed by atoms with Gasteiger partial charge in [-0.3, -0.25) is 4.89 Å². The van der Waals surface area contributed by atoms with Crippen molar-refractivity contribution in [3.8, 4) is 0 Å². The Morgan fingerprint density at radius 2 is 1.73 bits per heavy atom. The lowest BCUT2D eigenvalue weighted by Crippen LogP contribution is -2.23. The van der Waals surface area contributed by atoms with Crippen LogP contribution in [0.2, 0.25) is 0 Å². The van der Waals surface area contributed by atoms with Crippen LogP contribution in [-0.2, 0) is 15.2 Å². The quantitative estimate of drug-likeness (QED) is 0.578. The zero-order valence-electron chi connectivity index (χ0n) is 14.3. The summed E-state index contributed by atoms with van der Waals surface area (Å²) in [4.78, 5) is 22.5. The van der Waals surface area contributed by atoms with Gasteiger partial charge in [0.25, 0.3) is 0 Å². The molecule has 1 aliphatic carbocycles. The number of hydrogen-bond acceptors (Lipinski definition) is 3. The highest BCUT2D eigenvalue weighted by atomic mass is 17.2. The Hall–Kier alpha value is -1.35. The van der Waals surface area contributed by atoms with Crippen molar-refractivity contribution in [2.24, 2.45) is 11.8 Å². The summed E-state index contributed by atoms with van der Waals surface area (Å²) >= 11 is 0. The molecular weight excluding hydrogens is 276 g/mol. The number of hydrogen-bond donors (Lipinski definition) is 0. The molecule has 1 fully saturated rings. The maximum Gasteiger partial charge on any atom is 0.373 e. The Morgan fingerprint density at radius 3 is 2.32 bits per heavy atom. The second kappa shape index (κ2) is 6.82. The minimum atomic E-state index is -0.432. The molecule has 22 heavy (non-hydrogen) atoms. The van der Waals surface area contributed by atoms with Crippen LogP contribution in [0.3, 0.4) is 0 Å². The molecule has 3 heteroatoms. The first-order valence-electron chi connectivity index (χ1n) is 8.12. The number of carbonyl (C=O) groups excluding carboxylic acids is 1. The number of benzene rings is 1. The summed E-state index contributed by atoms with van der Waals surface area (Å²) < 4.78 is 0. The molecule has 2 unspecified atom stereocenters. The van der Waals surface area contributed by atoms with E-state index in [4.69, 9.17) is 9.78 Å². The van der Waals surface area contributed by atoms with Crippen molar-refractivity contribution in [2.45, 2.75) is 59.3 Å². The van der Waals surface area contributed by atoms with E-state index in [1.165, 1.54) is 12.0 Å². The molecule has 0 amide bonds. The van der Waals surface area contributed by atoms with E-state index in [2.05, 4.69) is 34.6 Å². The SMILES string of the molecule is CC1CCC(C)[C](OOC(=O)c2ccc(C(C)(C)C)cc2)C1. The van der Waals surface area contributed by atoms with Crippen molar-refractivity contribution in [1.29, 1.82) is 0 Å². The monoisotopic (exact) mass is 303 g/mol. The highest BCUT2D eigenvalue weighted by Gasteiger charge is 2.29. The largest absolute Gasteiger partial charge is 0.373 e. The molecule has 2 rings (SSSR count). The van der Waals surface area contributed by atoms with Crippen LogP contribution in [0.15, 0.2) is 24.3 Å². The first-order valence-corrected chi connectivity index (χ1v) is 8.12. The van der Waals surface area contributed by atoms with Gasteiger partial charge in [0.1, 0.15) is 0 Å². The van der Waals surface area contributed by atoms with Crippen molar-refractivity contribution >= 4 is 5.97 Å². The number of rotatable bonds is 3. The molecule has 1 radical (unpaired) electrons. The average Bonchev–Trinajstić information content (AvgIpc) is 2.47. The third kappa shape index (κ3) is 4.33. The van der Waals surface area contributed by atoms with Crippen molar-refractivity contribution in [2.75, 3.05) is 0 Å². The lowest BCUT2D eigenvalue weighted by Gasteiger charge is -2.29. The van der Waals surface area contributed by atoms with Gasteiger partial charge in [-0.2, -0.15) is 4.89 Å². The van der Waals surface area contributed by atoms with E-state index < -0.39 is 5.97 Å². The van der Waals surface area contributed by atoms with Crippen LogP contribution >= 0.6 is 0 Å². The van der Waals surface area contributed by atoms with Gasteiger partial charge < -0.3 is 0 Å². The van der Waals surface area contributed by atoms with Gasteiger partial charge >= 0.3 is 5.97 Å². The molecule has 0 spiro atoms. The lowest BCUT2D eigenvalue weighted by molar-refractivity contribution is -0.248. The predicted molar refractivity (Wildman–Crippen MR) is 87.1 cm³/mol. The molecule has 1 aromatic carbocycles. The summed E-state index contributed by atoms with van der Waals surface area (Å²) in [6.07, 6.45) is 4.06. The van der Waals surface area contributed by atoms with Gasteiger partial charge in [0.05, 0.1) is 5.56 Å². The summed E-state index contributed by atoms with van der Waals surface area (Å²) in [5.41, 5.74) is 1.78. The Bertz CT molecular complexity index is 498. The molecule has 1 aliphatic rings. The normalized spacial score (nSPS) is 23.3. The fourth-order valence-corrected chi connectivity index (χ4v) is 2.70. The zero-order valence-corrected chi connectivity index (χ0v) is 14.3. The van der Waals surface area contributed by atoms with Crippen molar-refractivity contribution in [3.63, 3.8) is 0 Å². The minimum absolute atomic E-state index is 0.0719. The van der Waals surface area contributed by atoms with Crippen LogP contribution in [0, 0.1) is 17.9 Å². The summed E-state index contributed by atoms with van der Waals surface area (Å²) in [5, 5.41) is 0. The van der Waals surface area contributed by atoms with Gasteiger partial charge in [-0.25, -0.2) is 4.79 Å². The average molecular weight is 303 g/mol. The van der Waals surface area contributed by atoms with Crippen LogP contribution in [0.5, 0.6) is 0 Å². The fourth-order valence-electron chi connectivity index (χ4n) is 2.70. The molecule has 1 aromatic rings. The molecule has 0 saturated heterocycles. The van der Waals surface area contributed by atoms with E-state index in [0.29, 0.717) is 17.4 Å². The van der Waals surface area contributed by atoms with Gasteiger partial charge in [0.15, 0.2) is 6.10 Å². The van der Waals surface area contributed by atoms with Crippen LogP contribution in [0.4, 0.5) is 0 Å². The Kier molecular flexibility index (Phi) is 5.28. The van der Waals surface area contributed by atoms with E-state index in [0.717, 1.165) is 18.9 Å². The van der Waals surface area contributed by atoms with E-state index in [-0.39, 0.29) is 5.41 Å². The van der Waals surface area contributed by atoms with Crippen LogP contribution < -0.4 is 0 Å². The zero-order chi connectivity index (χ0) is 16.3. The smallest absolute Gasteiger partial charge is 0.292 e. The van der Waals surface area contributed by atoms with E-state index in [1.54, 1.807) is 12.1 Å². The lowest BCUT2D eigenvalue weighted by atomic mass is 9.82. The highest BCUT2D eigenvalue weighted by molar-refractivity contribution is 5.89. The van der Waals surface area contributed by atoms with Crippen LogP contribution in [-0.4, -0.2) is 5.97 Å². The van der Waals surface area contributed by atoms with E-state index in [9.17, 15) is 4.79 Å². The Balaban J connectivity index is 1.92. The standard InChI is InChI=1S/C19H27O3/c1-13-6-7-14(2)17(12-13)21-22-18(20)15-8-10-16(11-9-15)19(3,4)5/h8-11,13-14H,6-7,12H2,1-5H3. The maximum atomic E-state index is 12.1. The third-order valence-corrected chi connectivity index (χ3v) is 4.40. The second-order valence-corrected chi connectivity index (χ2v) is 7.54. The van der Waals surface area contributed by atoms with Crippen molar-refractivity contribution in [3.05, 3.63) is 41.5 Å². The molecule has 0 N–H and O–H groups in total.